The van der Waals surface area contributed by atoms with E-state index in [1.165, 1.54) is 0 Å². The third-order valence-electron chi connectivity index (χ3n) is 4.87. The van der Waals surface area contributed by atoms with Crippen LogP contribution in [-0.2, 0) is 11.3 Å². The van der Waals surface area contributed by atoms with Gasteiger partial charge in [0, 0.05) is 24.3 Å². The molecule has 7 nitrogen and oxygen atoms in total. The van der Waals surface area contributed by atoms with Crippen LogP contribution >= 0.6 is 0 Å². The van der Waals surface area contributed by atoms with Crippen molar-refractivity contribution in [3.8, 4) is 0 Å². The average molecular weight is 344 g/mol. The van der Waals surface area contributed by atoms with Crippen LogP contribution in [0.2, 0.25) is 0 Å². The molecule has 1 aliphatic heterocycles. The van der Waals surface area contributed by atoms with Gasteiger partial charge in [-0.2, -0.15) is 10.2 Å². The average Bonchev–Trinajstić information content (AvgIpc) is 3.28. The van der Waals surface area contributed by atoms with Crippen LogP contribution in [0.4, 0.5) is 5.82 Å². The van der Waals surface area contributed by atoms with Gasteiger partial charge in [-0.1, -0.05) is 0 Å². The van der Waals surface area contributed by atoms with Gasteiger partial charge < -0.3 is 5.32 Å². The summed E-state index contributed by atoms with van der Waals surface area (Å²) in [5, 5.41) is 11.7. The zero-order chi connectivity index (χ0) is 18.0. The van der Waals surface area contributed by atoms with E-state index in [2.05, 4.69) is 40.5 Å². The van der Waals surface area contributed by atoms with E-state index in [0.29, 0.717) is 6.04 Å². The van der Waals surface area contributed by atoms with Crippen molar-refractivity contribution in [2.24, 2.45) is 0 Å². The van der Waals surface area contributed by atoms with Gasteiger partial charge in [-0.3, -0.25) is 14.4 Å². The lowest BCUT2D eigenvalue weighted by Gasteiger charge is -2.30. The highest BCUT2D eigenvalue weighted by Gasteiger charge is 2.32. The molecule has 2 aromatic rings. The molecule has 25 heavy (non-hydrogen) atoms. The largest absolute Gasteiger partial charge is 0.310 e. The molecule has 1 saturated heterocycles. The SMILES string of the molecule is Cc1cnn(C[C@H]2CCCN2[C@@H](C)C(=O)Nc2ccnn2C(C)C)c1. The van der Waals surface area contributed by atoms with Crippen LogP contribution in [-0.4, -0.2) is 49.0 Å². The number of aryl methyl sites for hydroxylation is 1. The van der Waals surface area contributed by atoms with Crippen molar-refractivity contribution >= 4 is 11.7 Å². The lowest BCUT2D eigenvalue weighted by atomic mass is 10.2. The Morgan fingerprint density at radius 3 is 2.84 bits per heavy atom. The van der Waals surface area contributed by atoms with Gasteiger partial charge in [0.25, 0.3) is 0 Å². The molecule has 1 aliphatic rings. The molecule has 1 amide bonds. The predicted molar refractivity (Wildman–Crippen MR) is 97.4 cm³/mol. The van der Waals surface area contributed by atoms with E-state index in [-0.39, 0.29) is 18.0 Å². The zero-order valence-corrected chi connectivity index (χ0v) is 15.5. The second kappa shape index (κ2) is 7.39. The molecule has 2 aromatic heterocycles. The third-order valence-corrected chi connectivity index (χ3v) is 4.87. The minimum Gasteiger partial charge on any atom is -0.310 e. The van der Waals surface area contributed by atoms with Gasteiger partial charge in [0.15, 0.2) is 0 Å². The van der Waals surface area contributed by atoms with Crippen LogP contribution in [0.25, 0.3) is 0 Å². The van der Waals surface area contributed by atoms with Crippen molar-refractivity contribution < 1.29 is 4.79 Å². The molecule has 2 atom stereocenters. The van der Waals surface area contributed by atoms with Crippen molar-refractivity contribution in [2.45, 2.75) is 65.2 Å². The molecule has 0 aromatic carbocycles. The summed E-state index contributed by atoms with van der Waals surface area (Å²) in [7, 11) is 0. The van der Waals surface area contributed by atoms with Crippen molar-refractivity contribution in [1.29, 1.82) is 0 Å². The van der Waals surface area contributed by atoms with Crippen LogP contribution in [0.3, 0.4) is 0 Å². The number of likely N-dealkylation sites (tertiary alicyclic amines) is 1. The normalized spacial score (nSPS) is 19.5. The molecule has 1 N–H and O–H groups in total. The van der Waals surface area contributed by atoms with E-state index < -0.39 is 0 Å². The first kappa shape index (κ1) is 17.7. The summed E-state index contributed by atoms with van der Waals surface area (Å²) in [5.74, 6) is 0.774. The van der Waals surface area contributed by atoms with Gasteiger partial charge in [0.2, 0.25) is 5.91 Å². The Hall–Kier alpha value is -2.15. The molecular weight excluding hydrogens is 316 g/mol. The van der Waals surface area contributed by atoms with Crippen LogP contribution in [0.5, 0.6) is 0 Å². The van der Waals surface area contributed by atoms with E-state index in [9.17, 15) is 4.79 Å². The summed E-state index contributed by atoms with van der Waals surface area (Å²) in [6.07, 6.45) is 7.87. The summed E-state index contributed by atoms with van der Waals surface area (Å²) < 4.78 is 3.81. The molecule has 0 unspecified atom stereocenters. The molecule has 3 heterocycles. The van der Waals surface area contributed by atoms with Crippen LogP contribution in [0.15, 0.2) is 24.7 Å². The second-order valence-electron chi connectivity index (χ2n) is 7.19. The van der Waals surface area contributed by atoms with E-state index in [1.807, 2.05) is 35.5 Å². The fraction of sp³-hybridized carbons (Fsp3) is 0.611. The number of hydrogen-bond donors (Lipinski definition) is 1. The molecule has 0 saturated carbocycles. The van der Waals surface area contributed by atoms with Gasteiger partial charge in [-0.15, -0.1) is 0 Å². The Balaban J connectivity index is 1.65. The minimum atomic E-state index is -0.181. The number of nitrogens with one attached hydrogen (secondary N) is 1. The van der Waals surface area contributed by atoms with E-state index >= 15 is 0 Å². The summed E-state index contributed by atoms with van der Waals surface area (Å²) in [4.78, 5) is 15.1. The van der Waals surface area contributed by atoms with E-state index in [0.717, 1.165) is 37.3 Å². The maximum Gasteiger partial charge on any atom is 0.242 e. The molecule has 0 bridgehead atoms. The highest BCUT2D eigenvalue weighted by atomic mass is 16.2. The number of nitrogens with zero attached hydrogens (tertiary/aromatic N) is 5. The molecule has 0 aliphatic carbocycles. The highest BCUT2D eigenvalue weighted by molar-refractivity contribution is 5.93. The Labute approximate surface area is 149 Å². The summed E-state index contributed by atoms with van der Waals surface area (Å²) >= 11 is 0. The maximum absolute atomic E-state index is 12.8. The first-order chi connectivity index (χ1) is 12.0. The molecule has 0 radical (unpaired) electrons. The predicted octanol–water partition coefficient (Wildman–Crippen LogP) is 2.46. The summed E-state index contributed by atoms with van der Waals surface area (Å²) in [6.45, 7) is 9.91. The number of carbonyl (C=O) groups excluding carboxylic acids is 1. The smallest absolute Gasteiger partial charge is 0.242 e. The van der Waals surface area contributed by atoms with Crippen molar-refractivity contribution in [1.82, 2.24) is 24.5 Å². The number of amides is 1. The Morgan fingerprint density at radius 1 is 1.36 bits per heavy atom. The Bertz CT molecular complexity index is 719. The molecule has 3 rings (SSSR count). The van der Waals surface area contributed by atoms with Crippen molar-refractivity contribution in [3.63, 3.8) is 0 Å². The summed E-state index contributed by atoms with van der Waals surface area (Å²) in [5.41, 5.74) is 1.16. The van der Waals surface area contributed by atoms with E-state index in [4.69, 9.17) is 0 Å². The first-order valence-corrected chi connectivity index (χ1v) is 9.05. The van der Waals surface area contributed by atoms with Crippen LogP contribution < -0.4 is 5.32 Å². The molecule has 1 fully saturated rings. The van der Waals surface area contributed by atoms with Gasteiger partial charge in [0.05, 0.1) is 25.0 Å². The lowest BCUT2D eigenvalue weighted by Crippen LogP contribution is -2.46. The van der Waals surface area contributed by atoms with Crippen molar-refractivity contribution in [2.75, 3.05) is 11.9 Å². The van der Waals surface area contributed by atoms with Gasteiger partial charge in [0.1, 0.15) is 5.82 Å². The number of rotatable bonds is 6. The number of anilines is 1. The number of hydrogen-bond acceptors (Lipinski definition) is 4. The van der Waals surface area contributed by atoms with Gasteiger partial charge in [-0.25, -0.2) is 4.68 Å². The monoisotopic (exact) mass is 344 g/mol. The molecule has 0 spiro atoms. The minimum absolute atomic E-state index is 0.0194. The fourth-order valence-corrected chi connectivity index (χ4v) is 3.55. The topological polar surface area (TPSA) is 68.0 Å². The van der Waals surface area contributed by atoms with E-state index in [1.54, 1.807) is 6.20 Å². The Morgan fingerprint density at radius 2 is 2.16 bits per heavy atom. The standard InChI is InChI=1S/C18H28N6O/c1-13(2)24-17(7-8-19-24)21-18(25)15(4)23-9-5-6-16(23)12-22-11-14(3)10-20-22/h7-8,10-11,13,15-16H,5-6,9,12H2,1-4H3,(H,21,25)/t15-,16+/m0/s1. The van der Waals surface area contributed by atoms with Crippen LogP contribution in [0, 0.1) is 6.92 Å². The number of aromatic nitrogens is 4. The Kier molecular flexibility index (Phi) is 5.22. The van der Waals surface area contributed by atoms with Gasteiger partial charge in [-0.05, 0) is 52.6 Å². The van der Waals surface area contributed by atoms with Crippen LogP contribution in [0.1, 0.15) is 45.2 Å². The van der Waals surface area contributed by atoms with Crippen molar-refractivity contribution in [3.05, 3.63) is 30.2 Å². The fourth-order valence-electron chi connectivity index (χ4n) is 3.55. The zero-order valence-electron chi connectivity index (χ0n) is 15.5. The van der Waals surface area contributed by atoms with Gasteiger partial charge >= 0.3 is 0 Å². The summed E-state index contributed by atoms with van der Waals surface area (Å²) in [6, 6.07) is 2.22. The maximum atomic E-state index is 12.8. The molecular formula is C18H28N6O. The highest BCUT2D eigenvalue weighted by Crippen LogP contribution is 2.23. The third kappa shape index (κ3) is 3.92. The molecule has 136 valence electrons. The molecule has 7 heteroatoms. The second-order valence-corrected chi connectivity index (χ2v) is 7.19. The number of carbonyl (C=O) groups is 1. The lowest BCUT2D eigenvalue weighted by molar-refractivity contribution is -0.121. The first-order valence-electron chi connectivity index (χ1n) is 9.05. The quantitative estimate of drug-likeness (QED) is 0.874.